The second-order valence-electron chi connectivity index (χ2n) is 7.24. The molecule has 9 nitrogen and oxygen atoms in total. The number of thiophene rings is 1. The molecule has 32 heavy (non-hydrogen) atoms. The van der Waals surface area contributed by atoms with Gasteiger partial charge >= 0.3 is 11.7 Å². The van der Waals surface area contributed by atoms with E-state index in [4.69, 9.17) is 9.47 Å². The fourth-order valence-electron chi connectivity index (χ4n) is 3.77. The minimum atomic E-state index is -0.673. The molecule has 0 aliphatic heterocycles. The molecule has 3 aromatic heterocycles. The summed E-state index contributed by atoms with van der Waals surface area (Å²) >= 11 is 1.17. The summed E-state index contributed by atoms with van der Waals surface area (Å²) < 4.78 is 12.4. The highest BCUT2D eigenvalue weighted by Gasteiger charge is 2.29. The summed E-state index contributed by atoms with van der Waals surface area (Å²) in [6.07, 6.45) is 0. The van der Waals surface area contributed by atoms with Gasteiger partial charge in [-0.15, -0.1) is 11.3 Å². The van der Waals surface area contributed by atoms with Crippen LogP contribution >= 0.6 is 11.3 Å². The Kier molecular flexibility index (Phi) is 5.17. The number of carbonyl (C=O) groups excluding carboxylic acids is 1. The van der Waals surface area contributed by atoms with E-state index < -0.39 is 17.2 Å². The standard InChI is InChI=1S/C22H21N3O6S/c1-10-13(21(28)31-5)17(26)18(32-10)14-15-19(24(2)22(29)25(3)20(15)27)23-16(14)11-6-8-12(30-4)9-7-11/h6-9,23,26H,1-5H3. The van der Waals surface area contributed by atoms with E-state index in [0.717, 1.165) is 4.57 Å². The van der Waals surface area contributed by atoms with E-state index >= 15 is 0 Å². The molecule has 1 aromatic carbocycles. The van der Waals surface area contributed by atoms with Crippen molar-refractivity contribution in [1.82, 2.24) is 14.1 Å². The highest BCUT2D eigenvalue weighted by molar-refractivity contribution is 7.16. The summed E-state index contributed by atoms with van der Waals surface area (Å²) in [5, 5.41) is 11.2. The SMILES string of the molecule is COC(=O)c1c(C)sc(-c2c(-c3ccc(OC)cc3)[nH]c3c2c(=O)n(C)c(=O)n3C)c1O. The van der Waals surface area contributed by atoms with Crippen LogP contribution in [0.5, 0.6) is 11.5 Å². The first-order valence-corrected chi connectivity index (χ1v) is 10.4. The molecule has 0 fully saturated rings. The molecule has 0 atom stereocenters. The summed E-state index contributed by atoms with van der Waals surface area (Å²) in [5.41, 5.74) is 0.985. The summed E-state index contributed by atoms with van der Waals surface area (Å²) in [7, 11) is 5.75. The van der Waals surface area contributed by atoms with Gasteiger partial charge < -0.3 is 19.6 Å². The fourth-order valence-corrected chi connectivity index (χ4v) is 4.86. The van der Waals surface area contributed by atoms with Crippen LogP contribution in [0.3, 0.4) is 0 Å². The van der Waals surface area contributed by atoms with E-state index in [0.29, 0.717) is 38.0 Å². The van der Waals surface area contributed by atoms with E-state index in [1.807, 2.05) is 0 Å². The Bertz CT molecular complexity index is 1490. The number of fused-ring (bicyclic) bond motifs is 1. The average Bonchev–Trinajstić information content (AvgIpc) is 3.33. The maximum Gasteiger partial charge on any atom is 0.342 e. The van der Waals surface area contributed by atoms with Crippen LogP contribution in [0, 0.1) is 6.92 Å². The number of H-pyrrole nitrogens is 1. The molecule has 4 rings (SSSR count). The van der Waals surface area contributed by atoms with E-state index in [1.165, 1.54) is 30.1 Å². The van der Waals surface area contributed by atoms with Gasteiger partial charge in [-0.1, -0.05) is 0 Å². The van der Waals surface area contributed by atoms with Gasteiger partial charge in [0.1, 0.15) is 22.7 Å². The third kappa shape index (κ3) is 3.02. The van der Waals surface area contributed by atoms with Gasteiger partial charge in [0.2, 0.25) is 0 Å². The van der Waals surface area contributed by atoms with E-state index in [1.54, 1.807) is 45.3 Å². The maximum absolute atomic E-state index is 13.2. The molecule has 0 amide bonds. The molecule has 166 valence electrons. The minimum absolute atomic E-state index is 0.0455. The van der Waals surface area contributed by atoms with Crippen LogP contribution in [0.1, 0.15) is 15.2 Å². The number of aromatic nitrogens is 3. The van der Waals surface area contributed by atoms with Crippen molar-refractivity contribution in [2.75, 3.05) is 14.2 Å². The average molecular weight is 455 g/mol. The Labute approximate surface area is 186 Å². The van der Waals surface area contributed by atoms with Crippen molar-refractivity contribution in [2.45, 2.75) is 6.92 Å². The normalized spacial score (nSPS) is 11.2. The summed E-state index contributed by atoms with van der Waals surface area (Å²) in [5.74, 6) is -0.294. The molecule has 0 radical (unpaired) electrons. The topological polar surface area (TPSA) is 116 Å². The Morgan fingerprint density at radius 1 is 1.09 bits per heavy atom. The number of esters is 1. The second-order valence-corrected chi connectivity index (χ2v) is 8.46. The zero-order valence-electron chi connectivity index (χ0n) is 18.1. The lowest BCUT2D eigenvalue weighted by Gasteiger charge is -2.06. The van der Waals surface area contributed by atoms with Crippen molar-refractivity contribution in [2.24, 2.45) is 14.1 Å². The smallest absolute Gasteiger partial charge is 0.342 e. The number of aryl methyl sites for hydroxylation is 2. The molecular weight excluding hydrogens is 434 g/mol. The summed E-state index contributed by atoms with van der Waals surface area (Å²) in [6.45, 7) is 1.69. The maximum atomic E-state index is 13.2. The van der Waals surface area contributed by atoms with Crippen molar-refractivity contribution in [3.8, 4) is 33.2 Å². The predicted octanol–water partition coefficient (Wildman–Crippen LogP) is 2.77. The lowest BCUT2D eigenvalue weighted by Crippen LogP contribution is -2.36. The number of rotatable bonds is 4. The first kappa shape index (κ1) is 21.4. The van der Waals surface area contributed by atoms with E-state index in [-0.39, 0.29) is 16.7 Å². The highest BCUT2D eigenvalue weighted by atomic mass is 32.1. The van der Waals surface area contributed by atoms with Crippen molar-refractivity contribution in [1.29, 1.82) is 0 Å². The number of nitrogens with zero attached hydrogens (tertiary/aromatic N) is 2. The van der Waals surface area contributed by atoms with E-state index in [9.17, 15) is 19.5 Å². The molecule has 3 heterocycles. The molecule has 0 aliphatic rings. The number of ether oxygens (including phenoxy) is 2. The Hall–Kier alpha value is -3.79. The highest BCUT2D eigenvalue weighted by Crippen LogP contribution is 2.47. The molecule has 0 saturated heterocycles. The van der Waals surface area contributed by atoms with Gasteiger partial charge in [0.25, 0.3) is 5.56 Å². The van der Waals surface area contributed by atoms with Crippen LogP contribution in [0.2, 0.25) is 0 Å². The van der Waals surface area contributed by atoms with Gasteiger partial charge in [0.05, 0.1) is 30.2 Å². The number of carbonyl (C=O) groups is 1. The Morgan fingerprint density at radius 3 is 2.34 bits per heavy atom. The lowest BCUT2D eigenvalue weighted by molar-refractivity contribution is 0.0597. The molecule has 0 aliphatic carbocycles. The van der Waals surface area contributed by atoms with Crippen molar-refractivity contribution in [3.05, 3.63) is 55.5 Å². The van der Waals surface area contributed by atoms with Gasteiger partial charge in [-0.05, 0) is 36.8 Å². The predicted molar refractivity (Wildman–Crippen MR) is 122 cm³/mol. The number of benzene rings is 1. The molecule has 0 unspecified atom stereocenters. The Morgan fingerprint density at radius 2 is 1.75 bits per heavy atom. The molecule has 10 heteroatoms. The van der Waals surface area contributed by atoms with E-state index in [2.05, 4.69) is 4.98 Å². The molecular formula is C22H21N3O6S. The number of hydrogen-bond acceptors (Lipinski definition) is 7. The summed E-state index contributed by atoms with van der Waals surface area (Å²) in [4.78, 5) is 42.0. The monoisotopic (exact) mass is 455 g/mol. The molecule has 0 bridgehead atoms. The second kappa shape index (κ2) is 7.72. The minimum Gasteiger partial charge on any atom is -0.505 e. The third-order valence-electron chi connectivity index (χ3n) is 5.46. The molecule has 2 N–H and O–H groups in total. The van der Waals surface area contributed by atoms with Crippen LogP contribution < -0.4 is 16.0 Å². The van der Waals surface area contributed by atoms with Crippen LogP contribution in [0.15, 0.2) is 33.9 Å². The zero-order chi connectivity index (χ0) is 23.3. The molecule has 4 aromatic rings. The van der Waals surface area contributed by atoms with Gasteiger partial charge in [0.15, 0.2) is 0 Å². The first-order chi connectivity index (χ1) is 15.2. The van der Waals surface area contributed by atoms with Crippen molar-refractivity contribution < 1.29 is 19.4 Å². The molecule has 0 spiro atoms. The molecule has 0 saturated carbocycles. The van der Waals surface area contributed by atoms with Gasteiger partial charge in [0, 0.05) is 24.5 Å². The number of aromatic amines is 1. The number of methoxy groups -OCH3 is 2. The quantitative estimate of drug-likeness (QED) is 0.457. The third-order valence-corrected chi connectivity index (χ3v) is 6.57. The van der Waals surface area contributed by atoms with Gasteiger partial charge in [-0.25, -0.2) is 9.59 Å². The first-order valence-electron chi connectivity index (χ1n) is 9.58. The van der Waals surface area contributed by atoms with Crippen LogP contribution in [-0.4, -0.2) is 39.4 Å². The van der Waals surface area contributed by atoms with Crippen LogP contribution in [0.25, 0.3) is 32.7 Å². The largest absolute Gasteiger partial charge is 0.505 e. The number of hydrogen-bond donors (Lipinski definition) is 2. The number of nitrogens with one attached hydrogen (secondary N) is 1. The number of aromatic hydroxyl groups is 1. The van der Waals surface area contributed by atoms with Crippen molar-refractivity contribution >= 4 is 28.3 Å². The van der Waals surface area contributed by atoms with Crippen molar-refractivity contribution in [3.63, 3.8) is 0 Å². The zero-order valence-corrected chi connectivity index (χ0v) is 18.9. The fraction of sp³-hybridized carbons (Fsp3) is 0.227. The van der Waals surface area contributed by atoms with Gasteiger partial charge in [-0.3, -0.25) is 13.9 Å². The van der Waals surface area contributed by atoms with Crippen LogP contribution in [-0.2, 0) is 18.8 Å². The Balaban J connectivity index is 2.17. The van der Waals surface area contributed by atoms with Crippen LogP contribution in [0.4, 0.5) is 0 Å². The van der Waals surface area contributed by atoms with Gasteiger partial charge in [-0.2, -0.15) is 0 Å². The summed E-state index contributed by atoms with van der Waals surface area (Å²) in [6, 6.07) is 7.13. The lowest BCUT2D eigenvalue weighted by atomic mass is 10.0.